The molecule has 1 aromatic rings. The maximum Gasteiger partial charge on any atom is 0.350 e. The van der Waals surface area contributed by atoms with E-state index in [1.165, 1.54) is 28.0 Å². The summed E-state index contributed by atoms with van der Waals surface area (Å²) in [6, 6.07) is 5.92. The number of fused-ring (bicyclic) bond motifs is 1. The van der Waals surface area contributed by atoms with Crippen LogP contribution in [0.5, 0.6) is 0 Å². The Balaban J connectivity index is 1.34. The summed E-state index contributed by atoms with van der Waals surface area (Å²) in [5.41, 5.74) is 4.79. The SMILES string of the molecule is Cc1cccc(C)c1N1CCN(CCN2C(=O)N=C3COC=C3C2=O)CC1. The highest BCUT2D eigenvalue weighted by Gasteiger charge is 2.35. The molecule has 1 fully saturated rings. The van der Waals surface area contributed by atoms with E-state index in [-0.39, 0.29) is 12.5 Å². The van der Waals surface area contributed by atoms with Crippen molar-refractivity contribution < 1.29 is 14.3 Å². The monoisotopic (exact) mass is 368 g/mol. The zero-order chi connectivity index (χ0) is 19.0. The van der Waals surface area contributed by atoms with E-state index in [1.54, 1.807) is 0 Å². The molecule has 0 N–H and O–H groups in total. The number of piperazine rings is 1. The van der Waals surface area contributed by atoms with Gasteiger partial charge in [-0.1, -0.05) is 18.2 Å². The molecule has 0 atom stereocenters. The normalized spacial score (nSPS) is 20.4. The van der Waals surface area contributed by atoms with Gasteiger partial charge in [-0.05, 0) is 25.0 Å². The van der Waals surface area contributed by atoms with Gasteiger partial charge in [0.15, 0.2) is 0 Å². The van der Waals surface area contributed by atoms with Crippen LogP contribution in [0.4, 0.5) is 10.5 Å². The summed E-state index contributed by atoms with van der Waals surface area (Å²) in [5.74, 6) is -0.295. The molecule has 142 valence electrons. The van der Waals surface area contributed by atoms with Crippen molar-refractivity contribution in [3.63, 3.8) is 0 Å². The number of carbonyl (C=O) groups is 2. The van der Waals surface area contributed by atoms with E-state index in [9.17, 15) is 9.59 Å². The fraction of sp³-hybridized carbons (Fsp3) is 0.450. The second kappa shape index (κ2) is 7.15. The molecule has 3 amide bonds. The fourth-order valence-electron chi connectivity index (χ4n) is 3.96. The summed E-state index contributed by atoms with van der Waals surface area (Å²) in [4.78, 5) is 34.5. The van der Waals surface area contributed by atoms with Crippen LogP contribution in [0.3, 0.4) is 0 Å². The van der Waals surface area contributed by atoms with Gasteiger partial charge in [-0.15, -0.1) is 0 Å². The Labute approximate surface area is 158 Å². The Kier molecular flexibility index (Phi) is 4.70. The average Bonchev–Trinajstić information content (AvgIpc) is 3.11. The van der Waals surface area contributed by atoms with Crippen molar-refractivity contribution in [1.82, 2.24) is 9.80 Å². The molecule has 27 heavy (non-hydrogen) atoms. The first-order valence-electron chi connectivity index (χ1n) is 9.33. The van der Waals surface area contributed by atoms with E-state index in [1.807, 2.05) is 0 Å². The standard InChI is InChI=1S/C20H24N4O3/c1-14-4-3-5-15(2)18(14)23-9-6-22(7-10-23)8-11-24-19(25)16-12-27-13-17(16)21-20(24)26/h3-5,12H,6-11,13H2,1-2H3. The lowest BCUT2D eigenvalue weighted by molar-refractivity contribution is -0.124. The molecule has 0 bridgehead atoms. The minimum Gasteiger partial charge on any atom is -0.494 e. The number of imide groups is 1. The molecule has 7 heteroatoms. The van der Waals surface area contributed by atoms with E-state index in [4.69, 9.17) is 4.74 Å². The lowest BCUT2D eigenvalue weighted by atomic mass is 10.1. The Morgan fingerprint density at radius 2 is 1.74 bits per heavy atom. The molecule has 0 aliphatic carbocycles. The molecule has 0 radical (unpaired) electrons. The number of hydrogen-bond acceptors (Lipinski definition) is 5. The van der Waals surface area contributed by atoms with Gasteiger partial charge < -0.3 is 9.64 Å². The third-order valence-electron chi connectivity index (χ3n) is 5.44. The van der Waals surface area contributed by atoms with Crippen LogP contribution >= 0.6 is 0 Å². The number of carbonyl (C=O) groups excluding carboxylic acids is 2. The molecule has 1 saturated heterocycles. The zero-order valence-electron chi connectivity index (χ0n) is 15.8. The molecule has 0 aromatic heterocycles. The second-order valence-electron chi connectivity index (χ2n) is 7.21. The number of amides is 3. The first-order valence-corrected chi connectivity index (χ1v) is 9.33. The molecular weight excluding hydrogens is 344 g/mol. The zero-order valence-corrected chi connectivity index (χ0v) is 15.8. The molecule has 0 unspecified atom stereocenters. The number of ether oxygens (including phenoxy) is 1. The molecule has 3 heterocycles. The number of nitrogens with zero attached hydrogens (tertiary/aromatic N) is 4. The van der Waals surface area contributed by atoms with Crippen molar-refractivity contribution in [3.8, 4) is 0 Å². The van der Waals surface area contributed by atoms with Crippen LogP contribution in [-0.4, -0.2) is 73.3 Å². The van der Waals surface area contributed by atoms with Crippen molar-refractivity contribution >= 4 is 23.3 Å². The minimum absolute atomic E-state index is 0.209. The molecular formula is C20H24N4O3. The summed E-state index contributed by atoms with van der Waals surface area (Å²) in [6.45, 7) is 9.22. The lowest BCUT2D eigenvalue weighted by Crippen LogP contribution is -2.51. The highest BCUT2D eigenvalue weighted by Crippen LogP contribution is 2.25. The Hall–Kier alpha value is -2.67. The number of aliphatic imine (C=N–C) groups is 1. The molecule has 3 aliphatic heterocycles. The second-order valence-corrected chi connectivity index (χ2v) is 7.21. The van der Waals surface area contributed by atoms with Crippen molar-refractivity contribution in [2.24, 2.45) is 4.99 Å². The van der Waals surface area contributed by atoms with Crippen LogP contribution in [0.1, 0.15) is 11.1 Å². The smallest absolute Gasteiger partial charge is 0.350 e. The van der Waals surface area contributed by atoms with E-state index in [0.717, 1.165) is 26.2 Å². The summed E-state index contributed by atoms with van der Waals surface area (Å²) in [7, 11) is 0. The van der Waals surface area contributed by atoms with Gasteiger partial charge in [0.05, 0.1) is 17.5 Å². The van der Waals surface area contributed by atoms with Crippen molar-refractivity contribution in [2.75, 3.05) is 50.8 Å². The summed E-state index contributed by atoms with van der Waals surface area (Å²) in [6.07, 6.45) is 1.41. The average molecular weight is 368 g/mol. The molecule has 0 saturated carbocycles. The predicted octanol–water partition coefficient (Wildman–Crippen LogP) is 1.74. The van der Waals surface area contributed by atoms with E-state index >= 15 is 0 Å². The summed E-state index contributed by atoms with van der Waals surface area (Å²) >= 11 is 0. The van der Waals surface area contributed by atoms with Crippen LogP contribution < -0.4 is 4.90 Å². The van der Waals surface area contributed by atoms with Crippen molar-refractivity contribution in [3.05, 3.63) is 41.2 Å². The van der Waals surface area contributed by atoms with Gasteiger partial charge in [0.25, 0.3) is 5.91 Å². The van der Waals surface area contributed by atoms with Crippen molar-refractivity contribution in [1.29, 1.82) is 0 Å². The van der Waals surface area contributed by atoms with Crippen LogP contribution in [-0.2, 0) is 9.53 Å². The van der Waals surface area contributed by atoms with Gasteiger partial charge in [0.1, 0.15) is 6.61 Å². The number of anilines is 1. The van der Waals surface area contributed by atoms with Crippen LogP contribution in [0.2, 0.25) is 0 Å². The molecule has 0 spiro atoms. The summed E-state index contributed by atoms with van der Waals surface area (Å²) in [5, 5.41) is 0. The molecule has 1 aromatic carbocycles. The van der Waals surface area contributed by atoms with Gasteiger partial charge in [-0.25, -0.2) is 4.79 Å². The predicted molar refractivity (Wildman–Crippen MR) is 103 cm³/mol. The van der Waals surface area contributed by atoms with E-state index in [0.29, 0.717) is 24.4 Å². The van der Waals surface area contributed by atoms with Gasteiger partial charge in [-0.2, -0.15) is 4.99 Å². The number of urea groups is 1. The third kappa shape index (κ3) is 3.35. The fourth-order valence-corrected chi connectivity index (χ4v) is 3.96. The number of para-hydroxylation sites is 1. The van der Waals surface area contributed by atoms with E-state index in [2.05, 4.69) is 46.8 Å². The summed E-state index contributed by atoms with van der Waals surface area (Å²) < 4.78 is 5.12. The Morgan fingerprint density at radius 1 is 1.04 bits per heavy atom. The van der Waals surface area contributed by atoms with Gasteiger partial charge in [-0.3, -0.25) is 14.6 Å². The van der Waals surface area contributed by atoms with Crippen LogP contribution in [0, 0.1) is 13.8 Å². The highest BCUT2D eigenvalue weighted by atomic mass is 16.5. The largest absolute Gasteiger partial charge is 0.494 e. The minimum atomic E-state index is -0.480. The maximum absolute atomic E-state index is 12.5. The number of benzene rings is 1. The molecule has 4 rings (SSSR count). The Bertz CT molecular complexity index is 817. The molecule has 7 nitrogen and oxygen atoms in total. The van der Waals surface area contributed by atoms with Gasteiger partial charge in [0, 0.05) is 45.0 Å². The topological polar surface area (TPSA) is 65.4 Å². The van der Waals surface area contributed by atoms with Crippen LogP contribution in [0.15, 0.2) is 35.0 Å². The first kappa shape index (κ1) is 17.7. The van der Waals surface area contributed by atoms with Crippen LogP contribution in [0.25, 0.3) is 0 Å². The maximum atomic E-state index is 12.5. The lowest BCUT2D eigenvalue weighted by Gasteiger charge is -2.38. The first-order chi connectivity index (χ1) is 13.0. The number of hydrogen-bond donors (Lipinski definition) is 0. The van der Waals surface area contributed by atoms with Crippen molar-refractivity contribution in [2.45, 2.75) is 13.8 Å². The third-order valence-corrected chi connectivity index (χ3v) is 5.44. The number of rotatable bonds is 4. The number of aryl methyl sites for hydroxylation is 2. The van der Waals surface area contributed by atoms with Gasteiger partial charge >= 0.3 is 6.03 Å². The van der Waals surface area contributed by atoms with E-state index < -0.39 is 6.03 Å². The Morgan fingerprint density at radius 3 is 2.44 bits per heavy atom. The highest BCUT2D eigenvalue weighted by molar-refractivity contribution is 6.30. The molecule has 3 aliphatic rings. The quantitative estimate of drug-likeness (QED) is 0.810. The van der Waals surface area contributed by atoms with Gasteiger partial charge in [0.2, 0.25) is 0 Å².